The standard InChI is InChI=1S/C17H22N4OS2/c1-4-7-21-16(12-8-14(11(2)3)23-9-12)19-20-17(21)24-10-15(22)18-13-5-6-13/h4,8-9,11,13H,1,5-7,10H2,2-3H3,(H,18,22). The summed E-state index contributed by atoms with van der Waals surface area (Å²) in [7, 11) is 0. The molecular formula is C17H22N4OS2. The predicted molar refractivity (Wildman–Crippen MR) is 99.5 cm³/mol. The Bertz CT molecular complexity index is 731. The van der Waals surface area contributed by atoms with Gasteiger partial charge in [-0.05, 0) is 24.8 Å². The number of rotatable bonds is 8. The van der Waals surface area contributed by atoms with Gasteiger partial charge in [-0.2, -0.15) is 0 Å². The SMILES string of the molecule is C=CCn1c(SCC(=O)NC2CC2)nnc1-c1csc(C(C)C)c1. The third-order valence-corrected chi connectivity index (χ3v) is 5.95. The van der Waals surface area contributed by atoms with Crippen LogP contribution in [0.15, 0.2) is 29.3 Å². The van der Waals surface area contributed by atoms with Crippen LogP contribution in [0.25, 0.3) is 11.4 Å². The Hall–Kier alpha value is -1.60. The first-order valence-electron chi connectivity index (χ1n) is 8.13. The molecule has 0 atom stereocenters. The zero-order valence-electron chi connectivity index (χ0n) is 14.0. The average Bonchev–Trinajstić information content (AvgIpc) is 3.08. The van der Waals surface area contributed by atoms with E-state index in [1.165, 1.54) is 16.6 Å². The molecule has 1 fully saturated rings. The molecule has 5 nitrogen and oxygen atoms in total. The molecule has 1 N–H and O–H groups in total. The minimum Gasteiger partial charge on any atom is -0.353 e. The zero-order chi connectivity index (χ0) is 17.1. The van der Waals surface area contributed by atoms with E-state index in [0.717, 1.165) is 29.4 Å². The van der Waals surface area contributed by atoms with E-state index in [1.54, 1.807) is 11.3 Å². The molecule has 0 aromatic carbocycles. The summed E-state index contributed by atoms with van der Waals surface area (Å²) < 4.78 is 2.02. The predicted octanol–water partition coefficient (Wildman–Crippen LogP) is 3.69. The molecule has 3 rings (SSSR count). The molecule has 0 bridgehead atoms. The molecule has 2 aromatic heterocycles. The number of aromatic nitrogens is 3. The van der Waals surface area contributed by atoms with Crippen LogP contribution in [0.5, 0.6) is 0 Å². The van der Waals surface area contributed by atoms with Gasteiger partial charge in [0.1, 0.15) is 0 Å². The van der Waals surface area contributed by atoms with E-state index in [9.17, 15) is 4.79 Å². The molecule has 7 heteroatoms. The molecule has 1 aliphatic carbocycles. The van der Waals surface area contributed by atoms with Gasteiger partial charge in [0, 0.05) is 28.4 Å². The molecule has 1 amide bonds. The summed E-state index contributed by atoms with van der Waals surface area (Å²) in [4.78, 5) is 13.2. The fourth-order valence-corrected chi connectivity index (χ4v) is 3.97. The van der Waals surface area contributed by atoms with Gasteiger partial charge in [0.2, 0.25) is 5.91 Å². The molecule has 0 unspecified atom stereocenters. The molecule has 2 heterocycles. The lowest BCUT2D eigenvalue weighted by molar-refractivity contribution is -0.118. The van der Waals surface area contributed by atoms with Gasteiger partial charge in [-0.15, -0.1) is 28.1 Å². The molecule has 128 valence electrons. The fourth-order valence-electron chi connectivity index (χ4n) is 2.30. The smallest absolute Gasteiger partial charge is 0.230 e. The third-order valence-electron chi connectivity index (χ3n) is 3.75. The monoisotopic (exact) mass is 362 g/mol. The van der Waals surface area contributed by atoms with Crippen LogP contribution in [0.1, 0.15) is 37.5 Å². The maximum absolute atomic E-state index is 11.9. The Morgan fingerprint density at radius 1 is 1.54 bits per heavy atom. The Kier molecular flexibility index (Phi) is 5.40. The van der Waals surface area contributed by atoms with E-state index >= 15 is 0 Å². The topological polar surface area (TPSA) is 59.8 Å². The summed E-state index contributed by atoms with van der Waals surface area (Å²) in [6, 6.07) is 2.56. The lowest BCUT2D eigenvalue weighted by Crippen LogP contribution is -2.27. The van der Waals surface area contributed by atoms with E-state index in [0.29, 0.717) is 24.3 Å². The maximum Gasteiger partial charge on any atom is 0.230 e. The van der Waals surface area contributed by atoms with Gasteiger partial charge in [0.15, 0.2) is 11.0 Å². The van der Waals surface area contributed by atoms with Crippen LogP contribution in [-0.2, 0) is 11.3 Å². The van der Waals surface area contributed by atoms with E-state index in [1.807, 2.05) is 10.6 Å². The van der Waals surface area contributed by atoms with Crippen molar-refractivity contribution in [3.05, 3.63) is 29.0 Å². The quantitative estimate of drug-likeness (QED) is 0.575. The highest BCUT2D eigenvalue weighted by atomic mass is 32.2. The second-order valence-corrected chi connectivity index (χ2v) is 8.11. The van der Waals surface area contributed by atoms with Crippen molar-refractivity contribution in [1.82, 2.24) is 20.1 Å². The fraction of sp³-hybridized carbons (Fsp3) is 0.471. The van der Waals surface area contributed by atoms with Crippen LogP contribution in [-0.4, -0.2) is 32.5 Å². The minimum atomic E-state index is 0.0647. The molecular weight excluding hydrogens is 340 g/mol. The van der Waals surface area contributed by atoms with Crippen molar-refractivity contribution in [2.24, 2.45) is 0 Å². The molecule has 1 saturated carbocycles. The van der Waals surface area contributed by atoms with Crippen molar-refractivity contribution >= 4 is 29.0 Å². The normalized spacial score (nSPS) is 14.1. The van der Waals surface area contributed by atoms with Gasteiger partial charge in [-0.25, -0.2) is 0 Å². The molecule has 1 aliphatic rings. The molecule has 0 radical (unpaired) electrons. The summed E-state index contributed by atoms with van der Waals surface area (Å²) in [5.41, 5.74) is 1.08. The van der Waals surface area contributed by atoms with Crippen LogP contribution in [0.4, 0.5) is 0 Å². The largest absolute Gasteiger partial charge is 0.353 e. The van der Waals surface area contributed by atoms with E-state index in [-0.39, 0.29) is 5.91 Å². The van der Waals surface area contributed by atoms with Crippen molar-refractivity contribution in [3.63, 3.8) is 0 Å². The summed E-state index contributed by atoms with van der Waals surface area (Å²) in [5, 5.41) is 14.5. The third kappa shape index (κ3) is 4.08. The summed E-state index contributed by atoms with van der Waals surface area (Å²) in [5.74, 6) is 1.77. The number of hydrogen-bond acceptors (Lipinski definition) is 5. The lowest BCUT2D eigenvalue weighted by atomic mass is 10.1. The zero-order valence-corrected chi connectivity index (χ0v) is 15.6. The number of nitrogens with zero attached hydrogens (tertiary/aromatic N) is 3. The van der Waals surface area contributed by atoms with Crippen molar-refractivity contribution in [2.75, 3.05) is 5.75 Å². The van der Waals surface area contributed by atoms with Crippen LogP contribution in [0.3, 0.4) is 0 Å². The van der Waals surface area contributed by atoms with Gasteiger partial charge >= 0.3 is 0 Å². The van der Waals surface area contributed by atoms with Gasteiger partial charge in [-0.3, -0.25) is 9.36 Å². The second-order valence-electron chi connectivity index (χ2n) is 6.23. The highest BCUT2D eigenvalue weighted by molar-refractivity contribution is 7.99. The Morgan fingerprint density at radius 2 is 2.33 bits per heavy atom. The first kappa shape index (κ1) is 17.2. The van der Waals surface area contributed by atoms with Crippen molar-refractivity contribution in [3.8, 4) is 11.4 Å². The molecule has 0 aliphatic heterocycles. The number of thioether (sulfide) groups is 1. The molecule has 2 aromatic rings. The number of carbonyl (C=O) groups is 1. The van der Waals surface area contributed by atoms with Gasteiger partial charge < -0.3 is 5.32 Å². The number of nitrogens with one attached hydrogen (secondary N) is 1. The van der Waals surface area contributed by atoms with Crippen molar-refractivity contribution in [2.45, 2.75) is 50.4 Å². The van der Waals surface area contributed by atoms with E-state index in [2.05, 4.69) is 47.4 Å². The highest BCUT2D eigenvalue weighted by Crippen LogP contribution is 2.31. The summed E-state index contributed by atoms with van der Waals surface area (Å²) in [6.45, 7) is 8.82. The maximum atomic E-state index is 11.9. The first-order chi connectivity index (χ1) is 11.6. The first-order valence-corrected chi connectivity index (χ1v) is 10.00. The Morgan fingerprint density at radius 3 is 2.96 bits per heavy atom. The number of carbonyl (C=O) groups excluding carboxylic acids is 1. The van der Waals surface area contributed by atoms with Gasteiger partial charge in [-0.1, -0.05) is 31.7 Å². The highest BCUT2D eigenvalue weighted by Gasteiger charge is 2.23. The van der Waals surface area contributed by atoms with Crippen LogP contribution in [0.2, 0.25) is 0 Å². The second kappa shape index (κ2) is 7.53. The van der Waals surface area contributed by atoms with Crippen molar-refractivity contribution < 1.29 is 4.79 Å². The molecule has 0 saturated heterocycles. The Balaban J connectivity index is 1.75. The van der Waals surface area contributed by atoms with Crippen LogP contribution in [0, 0.1) is 0 Å². The van der Waals surface area contributed by atoms with Crippen LogP contribution < -0.4 is 5.32 Å². The molecule has 0 spiro atoms. The van der Waals surface area contributed by atoms with Crippen molar-refractivity contribution in [1.29, 1.82) is 0 Å². The lowest BCUT2D eigenvalue weighted by Gasteiger charge is -2.07. The summed E-state index contributed by atoms with van der Waals surface area (Å²) in [6.07, 6.45) is 4.03. The number of thiophene rings is 1. The minimum absolute atomic E-state index is 0.0647. The Labute approximate surface area is 150 Å². The number of hydrogen-bond donors (Lipinski definition) is 1. The van der Waals surface area contributed by atoms with Gasteiger partial charge in [0.25, 0.3) is 0 Å². The molecule has 24 heavy (non-hydrogen) atoms. The number of allylic oxidation sites excluding steroid dienone is 1. The van der Waals surface area contributed by atoms with E-state index < -0.39 is 0 Å². The van der Waals surface area contributed by atoms with E-state index in [4.69, 9.17) is 0 Å². The summed E-state index contributed by atoms with van der Waals surface area (Å²) >= 11 is 3.17. The average molecular weight is 363 g/mol. The van der Waals surface area contributed by atoms with Crippen LogP contribution >= 0.6 is 23.1 Å². The number of amides is 1. The van der Waals surface area contributed by atoms with Gasteiger partial charge in [0.05, 0.1) is 5.75 Å².